The first-order valence-electron chi connectivity index (χ1n) is 11.0. The van der Waals surface area contributed by atoms with Crippen LogP contribution in [0.1, 0.15) is 89.9 Å². The number of likely N-dealkylation sites (tertiary alicyclic amines) is 1. The molecule has 0 radical (unpaired) electrons. The largest absolute Gasteiger partial charge is 1.00 e. The van der Waals surface area contributed by atoms with E-state index in [9.17, 15) is 0 Å². The summed E-state index contributed by atoms with van der Waals surface area (Å²) in [5.41, 5.74) is 0. The number of rotatable bonds is 2. The van der Waals surface area contributed by atoms with Crippen molar-refractivity contribution in [3.8, 4) is 0 Å². The van der Waals surface area contributed by atoms with Crippen LogP contribution in [0.5, 0.6) is 0 Å². The van der Waals surface area contributed by atoms with Gasteiger partial charge in [-0.2, -0.15) is 0 Å². The quantitative estimate of drug-likeness (QED) is 0.433. The molecule has 26 heavy (non-hydrogen) atoms. The molecule has 0 bridgehead atoms. The average Bonchev–Trinajstić information content (AvgIpc) is 3.39. The summed E-state index contributed by atoms with van der Waals surface area (Å²) >= 11 is 0. The van der Waals surface area contributed by atoms with Crippen LogP contribution in [0.4, 0.5) is 0 Å². The van der Waals surface area contributed by atoms with Gasteiger partial charge in [0.15, 0.2) is 0 Å². The molecule has 2 heterocycles. The summed E-state index contributed by atoms with van der Waals surface area (Å²) in [4.78, 5) is 7.55. The third-order valence-electron chi connectivity index (χ3n) is 5.96. The van der Waals surface area contributed by atoms with Gasteiger partial charge in [-0.05, 0) is 76.5 Å². The van der Waals surface area contributed by atoms with Gasteiger partial charge in [0.25, 0.3) is 0 Å². The van der Waals surface area contributed by atoms with Crippen LogP contribution in [-0.4, -0.2) is 49.2 Å². The number of hydrogen-bond donors (Lipinski definition) is 0. The molecule has 5 heteroatoms. The summed E-state index contributed by atoms with van der Waals surface area (Å²) in [6.07, 6.45) is 18.6. The van der Waals surface area contributed by atoms with Crippen LogP contribution in [0.2, 0.25) is 0 Å². The molecule has 2 saturated carbocycles. The van der Waals surface area contributed by atoms with Gasteiger partial charge in [-0.15, -0.1) is 0 Å². The number of hydrogen-bond acceptors (Lipinski definition) is 2. The minimum absolute atomic E-state index is 0. The zero-order chi connectivity index (χ0) is 17.2. The third-order valence-corrected chi connectivity index (χ3v) is 5.96. The fourth-order valence-corrected chi connectivity index (χ4v) is 4.37. The van der Waals surface area contributed by atoms with E-state index in [2.05, 4.69) is 4.90 Å². The molecular weight excluding hydrogens is 317 g/mol. The first kappa shape index (κ1) is 22.1. The molecular formula is C21H38LiN3O. The maximum Gasteiger partial charge on any atom is 1.00 e. The van der Waals surface area contributed by atoms with Crippen molar-refractivity contribution in [1.82, 2.24) is 4.90 Å². The Labute approximate surface area is 173 Å². The normalized spacial score (nSPS) is 25.4. The third kappa shape index (κ3) is 7.83. The van der Waals surface area contributed by atoms with Crippen LogP contribution in [0.3, 0.4) is 0 Å². The van der Waals surface area contributed by atoms with Crippen molar-refractivity contribution in [3.63, 3.8) is 0 Å². The van der Waals surface area contributed by atoms with Crippen molar-refractivity contribution in [2.24, 2.45) is 4.99 Å². The topological polar surface area (TPSA) is 38.9 Å². The van der Waals surface area contributed by atoms with Crippen LogP contribution in [0, 0.1) is 0 Å². The molecule has 0 atom stereocenters. The molecule has 2 aliphatic carbocycles. The van der Waals surface area contributed by atoms with Gasteiger partial charge in [0.1, 0.15) is 0 Å². The maximum atomic E-state index is 5.09. The van der Waals surface area contributed by atoms with Crippen LogP contribution < -0.4 is 18.9 Å². The minimum Gasteiger partial charge on any atom is -0.426 e. The van der Waals surface area contributed by atoms with E-state index in [4.69, 9.17) is 15.0 Å². The molecule has 0 aromatic rings. The van der Waals surface area contributed by atoms with Crippen molar-refractivity contribution in [2.75, 3.05) is 26.3 Å². The first-order valence-corrected chi connectivity index (χ1v) is 11.0. The Hall–Kier alpha value is -0.173. The number of aliphatic imine (C=N–C) groups is 1. The fourth-order valence-electron chi connectivity index (χ4n) is 4.37. The Bertz CT molecular complexity index is 375. The van der Waals surface area contributed by atoms with Crippen molar-refractivity contribution >= 4 is 5.96 Å². The van der Waals surface area contributed by atoms with E-state index < -0.39 is 0 Å². The SMILES string of the molecule is C1CCC(N=C([N-]C2CCCCC2)N2CCCC2)CC1.C1CCOC1.[Li+]. The molecule has 0 aromatic heterocycles. The maximum absolute atomic E-state index is 5.09. The van der Waals surface area contributed by atoms with Gasteiger partial charge in [0.05, 0.1) is 0 Å². The summed E-state index contributed by atoms with van der Waals surface area (Å²) in [5, 5.41) is 5.09. The fraction of sp³-hybridized carbons (Fsp3) is 0.952. The molecule has 2 aliphatic heterocycles. The molecule has 0 N–H and O–H groups in total. The van der Waals surface area contributed by atoms with Crippen molar-refractivity contribution in [1.29, 1.82) is 0 Å². The predicted molar refractivity (Wildman–Crippen MR) is 105 cm³/mol. The Morgan fingerprint density at radius 2 is 1.31 bits per heavy atom. The Morgan fingerprint density at radius 1 is 0.731 bits per heavy atom. The molecule has 0 unspecified atom stereocenters. The summed E-state index contributed by atoms with van der Waals surface area (Å²) in [6.45, 7) is 4.36. The van der Waals surface area contributed by atoms with Crippen molar-refractivity contribution in [2.45, 2.75) is 102 Å². The standard InChI is InChI=1S/C17H30N3.C4H8O.Li/c1-3-9-15(10-4-1)18-17(20-13-7-8-14-20)19-16-11-5-2-6-12-16;1-2-4-5-3-1;/h15-16H,1-14H2;1-4H2;/q-1;;+1. The van der Waals surface area contributed by atoms with Crippen LogP contribution in [-0.2, 0) is 4.74 Å². The van der Waals surface area contributed by atoms with Gasteiger partial charge < -0.3 is 19.9 Å². The van der Waals surface area contributed by atoms with Gasteiger partial charge in [0, 0.05) is 19.2 Å². The molecule has 144 valence electrons. The summed E-state index contributed by atoms with van der Waals surface area (Å²) in [5.74, 6) is 1.13. The van der Waals surface area contributed by atoms with Gasteiger partial charge in [-0.3, -0.25) is 0 Å². The zero-order valence-electron chi connectivity index (χ0n) is 17.1. The van der Waals surface area contributed by atoms with E-state index in [1.54, 1.807) is 0 Å². The first-order chi connectivity index (χ1) is 12.4. The summed E-state index contributed by atoms with van der Waals surface area (Å²) < 4.78 is 4.94. The van der Waals surface area contributed by atoms with Crippen molar-refractivity contribution < 1.29 is 23.6 Å². The monoisotopic (exact) mass is 355 g/mol. The van der Waals surface area contributed by atoms with E-state index in [-0.39, 0.29) is 18.9 Å². The van der Waals surface area contributed by atoms with E-state index in [1.807, 2.05) is 0 Å². The Kier molecular flexibility index (Phi) is 11.1. The second-order valence-electron chi connectivity index (χ2n) is 8.16. The smallest absolute Gasteiger partial charge is 0.426 e. The molecule has 4 rings (SSSR count). The van der Waals surface area contributed by atoms with E-state index in [0.717, 1.165) is 19.2 Å². The van der Waals surface area contributed by atoms with Crippen molar-refractivity contribution in [3.05, 3.63) is 5.32 Å². The van der Waals surface area contributed by atoms with Crippen LogP contribution in [0.15, 0.2) is 4.99 Å². The predicted octanol–water partition coefficient (Wildman–Crippen LogP) is 2.28. The summed E-state index contributed by atoms with van der Waals surface area (Å²) in [6, 6.07) is 1.12. The molecule has 0 amide bonds. The minimum atomic E-state index is 0. The second kappa shape index (κ2) is 13.1. The Morgan fingerprint density at radius 3 is 1.85 bits per heavy atom. The molecule has 4 aliphatic rings. The Balaban J connectivity index is 0.000000351. The molecule has 0 spiro atoms. The number of guanidine groups is 1. The molecule has 4 fully saturated rings. The molecule has 4 nitrogen and oxygen atoms in total. The van der Waals surface area contributed by atoms with E-state index in [1.165, 1.54) is 103 Å². The zero-order valence-corrected chi connectivity index (χ0v) is 17.1. The van der Waals surface area contributed by atoms with Gasteiger partial charge in [-0.1, -0.05) is 38.5 Å². The number of nitrogens with zero attached hydrogens (tertiary/aromatic N) is 3. The summed E-state index contributed by atoms with van der Waals surface area (Å²) in [7, 11) is 0. The molecule has 2 saturated heterocycles. The molecule has 0 aromatic carbocycles. The van der Waals surface area contributed by atoms with Crippen LogP contribution in [0.25, 0.3) is 5.32 Å². The van der Waals surface area contributed by atoms with Gasteiger partial charge in [-0.25, -0.2) is 0 Å². The van der Waals surface area contributed by atoms with Gasteiger partial charge >= 0.3 is 18.9 Å². The second-order valence-corrected chi connectivity index (χ2v) is 8.16. The van der Waals surface area contributed by atoms with Gasteiger partial charge in [0.2, 0.25) is 0 Å². The van der Waals surface area contributed by atoms with E-state index in [0.29, 0.717) is 12.1 Å². The van der Waals surface area contributed by atoms with Crippen LogP contribution >= 0.6 is 0 Å². The van der Waals surface area contributed by atoms with E-state index >= 15 is 0 Å². The number of ether oxygens (including phenoxy) is 1. The average molecular weight is 355 g/mol.